The average Bonchev–Trinajstić information content (AvgIpc) is 3.16. The molecule has 10 heteroatoms. The summed E-state index contributed by atoms with van der Waals surface area (Å²) < 4.78 is 28.0. The van der Waals surface area contributed by atoms with Gasteiger partial charge in [-0.1, -0.05) is 47.2 Å². The van der Waals surface area contributed by atoms with Crippen molar-refractivity contribution < 1.29 is 13.2 Å². The highest BCUT2D eigenvalue weighted by Crippen LogP contribution is 2.31. The van der Waals surface area contributed by atoms with Gasteiger partial charge in [0.1, 0.15) is 0 Å². The first-order valence-electron chi connectivity index (χ1n) is 9.41. The largest absolute Gasteiger partial charge is 0.298 e. The number of thiazole rings is 1. The number of sulfonamides is 1. The standard InChI is InChI=1S/C22H17ClN4O3S2/c1-14-20(19-11-4-5-12-24-19)31-22(25-14)26-21(28)15-7-6-8-16(13-15)32(29,30)27-18-10-3-2-9-17(18)23/h2-13,27H,1H3,(H,25,26,28). The van der Waals surface area contributed by atoms with Gasteiger partial charge in [0.2, 0.25) is 0 Å². The molecule has 0 aliphatic heterocycles. The van der Waals surface area contributed by atoms with Crippen molar-refractivity contribution >= 4 is 49.7 Å². The topological polar surface area (TPSA) is 101 Å². The monoisotopic (exact) mass is 484 g/mol. The van der Waals surface area contributed by atoms with Crippen molar-refractivity contribution in [2.24, 2.45) is 0 Å². The van der Waals surface area contributed by atoms with Crippen molar-refractivity contribution in [3.63, 3.8) is 0 Å². The predicted molar refractivity (Wildman–Crippen MR) is 127 cm³/mol. The van der Waals surface area contributed by atoms with E-state index in [4.69, 9.17) is 11.6 Å². The van der Waals surface area contributed by atoms with E-state index < -0.39 is 15.9 Å². The summed E-state index contributed by atoms with van der Waals surface area (Å²) in [6, 6.07) is 17.8. The Kier molecular flexibility index (Phi) is 6.22. The maximum atomic E-state index is 12.8. The number of anilines is 2. The Bertz CT molecular complexity index is 1390. The number of rotatable bonds is 6. The van der Waals surface area contributed by atoms with E-state index in [-0.39, 0.29) is 21.2 Å². The molecule has 7 nitrogen and oxygen atoms in total. The van der Waals surface area contributed by atoms with Crippen LogP contribution in [0.25, 0.3) is 10.6 Å². The highest BCUT2D eigenvalue weighted by molar-refractivity contribution is 7.92. The van der Waals surface area contributed by atoms with Crippen LogP contribution in [0.4, 0.5) is 10.8 Å². The summed E-state index contributed by atoms with van der Waals surface area (Å²) in [5.74, 6) is -0.471. The molecule has 2 heterocycles. The fourth-order valence-corrected chi connectivity index (χ4v) is 5.21. The molecule has 2 N–H and O–H groups in total. The summed E-state index contributed by atoms with van der Waals surface area (Å²) in [5, 5.41) is 3.40. The molecule has 0 atom stereocenters. The fourth-order valence-electron chi connectivity index (χ4n) is 2.91. The number of aromatic nitrogens is 2. The molecular weight excluding hydrogens is 468 g/mol. The number of nitrogens with one attached hydrogen (secondary N) is 2. The molecule has 1 amide bonds. The number of carbonyl (C=O) groups excluding carboxylic acids is 1. The number of nitrogens with zero attached hydrogens (tertiary/aromatic N) is 2. The number of aryl methyl sites for hydroxylation is 1. The number of pyridine rings is 1. The minimum absolute atomic E-state index is 0.0606. The van der Waals surface area contributed by atoms with Crippen molar-refractivity contribution in [2.45, 2.75) is 11.8 Å². The summed E-state index contributed by atoms with van der Waals surface area (Å²) in [6.07, 6.45) is 1.69. The van der Waals surface area contributed by atoms with Crippen LogP contribution in [0, 0.1) is 6.92 Å². The van der Waals surface area contributed by atoms with Crippen molar-refractivity contribution in [1.82, 2.24) is 9.97 Å². The second kappa shape index (κ2) is 9.07. The smallest absolute Gasteiger partial charge is 0.261 e. The molecule has 2 aromatic heterocycles. The Hall–Kier alpha value is -3.27. The van der Waals surface area contributed by atoms with E-state index in [0.717, 1.165) is 16.3 Å². The number of hydrogen-bond donors (Lipinski definition) is 2. The van der Waals surface area contributed by atoms with Gasteiger partial charge in [0.05, 0.1) is 31.9 Å². The molecule has 32 heavy (non-hydrogen) atoms. The van der Waals surface area contributed by atoms with Gasteiger partial charge in [-0.15, -0.1) is 0 Å². The van der Waals surface area contributed by atoms with E-state index in [9.17, 15) is 13.2 Å². The molecular formula is C22H17ClN4O3S2. The lowest BCUT2D eigenvalue weighted by molar-refractivity contribution is 0.102. The Balaban J connectivity index is 1.55. The second-order valence-corrected chi connectivity index (χ2v) is 9.80. The highest BCUT2D eigenvalue weighted by atomic mass is 35.5. The third-order valence-corrected chi connectivity index (χ3v) is 7.23. The Morgan fingerprint density at radius 1 is 1.03 bits per heavy atom. The van der Waals surface area contributed by atoms with Crippen LogP contribution in [-0.2, 0) is 10.0 Å². The van der Waals surface area contributed by atoms with Gasteiger partial charge in [-0.3, -0.25) is 19.8 Å². The first kappa shape index (κ1) is 21.9. The third kappa shape index (κ3) is 4.80. The van der Waals surface area contributed by atoms with Crippen LogP contribution in [0.2, 0.25) is 5.02 Å². The van der Waals surface area contributed by atoms with Gasteiger partial charge >= 0.3 is 0 Å². The zero-order valence-electron chi connectivity index (χ0n) is 16.7. The van der Waals surface area contributed by atoms with E-state index in [1.165, 1.54) is 35.6 Å². The summed E-state index contributed by atoms with van der Waals surface area (Å²) in [4.78, 5) is 22.3. The van der Waals surface area contributed by atoms with Crippen LogP contribution in [0.5, 0.6) is 0 Å². The minimum atomic E-state index is -3.94. The van der Waals surface area contributed by atoms with E-state index in [2.05, 4.69) is 20.0 Å². The van der Waals surface area contributed by atoms with E-state index in [1.54, 1.807) is 30.5 Å². The summed E-state index contributed by atoms with van der Waals surface area (Å²) in [5.41, 5.74) is 1.94. The number of carbonyl (C=O) groups is 1. The Morgan fingerprint density at radius 2 is 1.81 bits per heavy atom. The number of para-hydroxylation sites is 1. The number of benzene rings is 2. The maximum Gasteiger partial charge on any atom is 0.261 e. The molecule has 0 aliphatic rings. The van der Waals surface area contributed by atoms with Crippen LogP contribution in [0.3, 0.4) is 0 Å². The van der Waals surface area contributed by atoms with Gasteiger partial charge < -0.3 is 0 Å². The van der Waals surface area contributed by atoms with Gasteiger partial charge in [-0.2, -0.15) is 0 Å². The van der Waals surface area contributed by atoms with E-state index in [0.29, 0.717) is 5.13 Å². The van der Waals surface area contributed by atoms with Gasteiger partial charge in [-0.25, -0.2) is 13.4 Å². The Morgan fingerprint density at radius 3 is 2.56 bits per heavy atom. The highest BCUT2D eigenvalue weighted by Gasteiger charge is 2.19. The quantitative estimate of drug-likeness (QED) is 0.390. The molecule has 0 fully saturated rings. The van der Waals surface area contributed by atoms with Crippen LogP contribution >= 0.6 is 22.9 Å². The average molecular weight is 485 g/mol. The second-order valence-electron chi connectivity index (χ2n) is 6.72. The molecule has 162 valence electrons. The lowest BCUT2D eigenvalue weighted by Gasteiger charge is -2.10. The zero-order valence-corrected chi connectivity index (χ0v) is 19.1. The van der Waals surface area contributed by atoms with Crippen LogP contribution < -0.4 is 10.0 Å². The van der Waals surface area contributed by atoms with Gasteiger partial charge in [0.15, 0.2) is 5.13 Å². The lowest BCUT2D eigenvalue weighted by Crippen LogP contribution is -2.16. The normalized spacial score (nSPS) is 11.2. The van der Waals surface area contributed by atoms with E-state index in [1.807, 2.05) is 25.1 Å². The van der Waals surface area contributed by atoms with Gasteiger partial charge in [-0.05, 0) is 49.4 Å². The molecule has 0 radical (unpaired) electrons. The van der Waals surface area contributed by atoms with Crippen molar-refractivity contribution in [3.8, 4) is 10.6 Å². The summed E-state index contributed by atoms with van der Waals surface area (Å²) in [7, 11) is -3.94. The fraction of sp³-hybridized carbons (Fsp3) is 0.0455. The number of hydrogen-bond acceptors (Lipinski definition) is 6. The summed E-state index contributed by atoms with van der Waals surface area (Å²) >= 11 is 7.35. The van der Waals surface area contributed by atoms with Crippen LogP contribution in [-0.4, -0.2) is 24.3 Å². The molecule has 4 rings (SSSR count). The van der Waals surface area contributed by atoms with E-state index >= 15 is 0 Å². The molecule has 0 saturated heterocycles. The van der Waals surface area contributed by atoms with Gasteiger partial charge in [0.25, 0.3) is 15.9 Å². The van der Waals surface area contributed by atoms with Crippen LogP contribution in [0.15, 0.2) is 77.8 Å². The van der Waals surface area contributed by atoms with Crippen molar-refractivity contribution in [3.05, 3.63) is 89.2 Å². The molecule has 0 bridgehead atoms. The molecule has 2 aromatic carbocycles. The molecule has 0 unspecified atom stereocenters. The first-order valence-corrected chi connectivity index (χ1v) is 12.1. The van der Waals surface area contributed by atoms with Gasteiger partial charge in [0, 0.05) is 11.8 Å². The number of amides is 1. The lowest BCUT2D eigenvalue weighted by atomic mass is 10.2. The SMILES string of the molecule is Cc1nc(NC(=O)c2cccc(S(=O)(=O)Nc3ccccc3Cl)c2)sc1-c1ccccn1. The minimum Gasteiger partial charge on any atom is -0.298 e. The molecule has 0 saturated carbocycles. The molecule has 0 spiro atoms. The van der Waals surface area contributed by atoms with Crippen molar-refractivity contribution in [2.75, 3.05) is 10.0 Å². The molecule has 0 aliphatic carbocycles. The Labute approximate surface area is 194 Å². The first-order chi connectivity index (χ1) is 15.3. The zero-order chi connectivity index (χ0) is 22.7. The molecule has 4 aromatic rings. The summed E-state index contributed by atoms with van der Waals surface area (Å²) in [6.45, 7) is 1.84. The third-order valence-electron chi connectivity index (χ3n) is 4.44. The van der Waals surface area contributed by atoms with Crippen LogP contribution in [0.1, 0.15) is 16.1 Å². The van der Waals surface area contributed by atoms with Crippen molar-refractivity contribution in [1.29, 1.82) is 0 Å². The maximum absolute atomic E-state index is 12.8. The number of halogens is 1. The predicted octanol–water partition coefficient (Wildman–Crippen LogP) is 5.22.